The Morgan fingerprint density at radius 2 is 1.22 bits per heavy atom. The molecule has 0 saturated heterocycles. The maximum atomic E-state index is 5.81. The highest BCUT2D eigenvalue weighted by Gasteiger charge is 1.96. The Morgan fingerprint density at radius 1 is 0.722 bits per heavy atom. The topological polar surface area (TPSA) is 38.0 Å². The van der Waals surface area contributed by atoms with Crippen LogP contribution < -0.4 is 11.1 Å². The fraction of sp³-hybridized carbons (Fsp3) is 0.250. The molecule has 18 heavy (non-hydrogen) atoms. The Hall–Kier alpha value is -1.96. The number of rotatable bonds is 2. The normalized spacial score (nSPS) is 8.22. The van der Waals surface area contributed by atoms with E-state index in [0.717, 1.165) is 17.1 Å². The molecule has 0 amide bonds. The van der Waals surface area contributed by atoms with Crippen molar-refractivity contribution in [3.63, 3.8) is 0 Å². The van der Waals surface area contributed by atoms with Gasteiger partial charge in [-0.3, -0.25) is 0 Å². The molecule has 0 spiro atoms. The van der Waals surface area contributed by atoms with Crippen molar-refractivity contribution in [1.29, 1.82) is 0 Å². The molecule has 0 heterocycles. The van der Waals surface area contributed by atoms with Gasteiger partial charge in [0, 0.05) is 5.69 Å². The number of para-hydroxylation sites is 3. The van der Waals surface area contributed by atoms with Crippen molar-refractivity contribution in [1.82, 2.24) is 0 Å². The van der Waals surface area contributed by atoms with Gasteiger partial charge in [0.1, 0.15) is 0 Å². The minimum atomic E-state index is 0.761. The fourth-order valence-electron chi connectivity index (χ4n) is 1.29. The molecule has 0 aliphatic carbocycles. The van der Waals surface area contributed by atoms with Gasteiger partial charge < -0.3 is 11.1 Å². The molecule has 2 aromatic rings. The van der Waals surface area contributed by atoms with Crippen LogP contribution in [0, 0.1) is 0 Å². The van der Waals surface area contributed by atoms with Gasteiger partial charge in [-0.1, -0.05) is 58.0 Å². The van der Waals surface area contributed by atoms with E-state index in [1.165, 1.54) is 0 Å². The summed E-state index contributed by atoms with van der Waals surface area (Å²) in [6.07, 6.45) is 0. The van der Waals surface area contributed by atoms with Gasteiger partial charge in [-0.15, -0.1) is 0 Å². The number of benzene rings is 2. The first-order valence-corrected chi connectivity index (χ1v) is 6.53. The predicted molar refractivity (Wildman–Crippen MR) is 83.3 cm³/mol. The van der Waals surface area contributed by atoms with E-state index in [9.17, 15) is 0 Å². The average molecular weight is 244 g/mol. The lowest BCUT2D eigenvalue weighted by molar-refractivity contribution is 1.50. The van der Waals surface area contributed by atoms with Crippen molar-refractivity contribution in [3.05, 3.63) is 54.6 Å². The van der Waals surface area contributed by atoms with Crippen LogP contribution in [0.4, 0.5) is 17.1 Å². The SMILES string of the molecule is CC.CC.Nc1ccccc1Nc1ccccc1. The smallest absolute Gasteiger partial charge is 0.0617 e. The first-order valence-electron chi connectivity index (χ1n) is 6.53. The Balaban J connectivity index is 0.000000659. The Labute approximate surface area is 111 Å². The molecule has 0 atom stereocenters. The molecular weight excluding hydrogens is 220 g/mol. The van der Waals surface area contributed by atoms with Gasteiger partial charge in [0.05, 0.1) is 11.4 Å². The van der Waals surface area contributed by atoms with Crippen molar-refractivity contribution in [2.45, 2.75) is 27.7 Å². The summed E-state index contributed by atoms with van der Waals surface area (Å²) in [5.74, 6) is 0. The lowest BCUT2D eigenvalue weighted by Crippen LogP contribution is -1.94. The lowest BCUT2D eigenvalue weighted by Gasteiger charge is -2.08. The van der Waals surface area contributed by atoms with Gasteiger partial charge in [0.2, 0.25) is 0 Å². The van der Waals surface area contributed by atoms with Gasteiger partial charge in [-0.2, -0.15) is 0 Å². The van der Waals surface area contributed by atoms with Crippen LogP contribution in [-0.2, 0) is 0 Å². The van der Waals surface area contributed by atoms with Crippen LogP contribution in [-0.4, -0.2) is 0 Å². The van der Waals surface area contributed by atoms with Gasteiger partial charge in [-0.25, -0.2) is 0 Å². The molecule has 2 rings (SSSR count). The molecule has 0 saturated carbocycles. The molecule has 2 nitrogen and oxygen atoms in total. The zero-order valence-electron chi connectivity index (χ0n) is 11.8. The van der Waals surface area contributed by atoms with E-state index in [0.29, 0.717) is 0 Å². The summed E-state index contributed by atoms with van der Waals surface area (Å²) < 4.78 is 0. The highest BCUT2D eigenvalue weighted by molar-refractivity contribution is 5.72. The largest absolute Gasteiger partial charge is 0.397 e. The van der Waals surface area contributed by atoms with E-state index in [1.807, 2.05) is 82.3 Å². The molecule has 0 aromatic heterocycles. The van der Waals surface area contributed by atoms with Crippen molar-refractivity contribution >= 4 is 17.1 Å². The van der Waals surface area contributed by atoms with Gasteiger partial charge >= 0.3 is 0 Å². The number of nitrogens with two attached hydrogens (primary N) is 1. The van der Waals surface area contributed by atoms with Crippen LogP contribution in [0.15, 0.2) is 54.6 Å². The molecule has 2 heteroatoms. The third-order valence-electron chi connectivity index (χ3n) is 2.01. The third kappa shape index (κ3) is 5.39. The summed E-state index contributed by atoms with van der Waals surface area (Å²) in [4.78, 5) is 0. The zero-order chi connectivity index (χ0) is 13.8. The van der Waals surface area contributed by atoms with E-state index in [-0.39, 0.29) is 0 Å². The maximum Gasteiger partial charge on any atom is 0.0617 e. The summed E-state index contributed by atoms with van der Waals surface area (Å²) in [6.45, 7) is 8.00. The minimum absolute atomic E-state index is 0.761. The summed E-state index contributed by atoms with van der Waals surface area (Å²) in [5.41, 5.74) is 8.56. The first-order chi connectivity index (χ1) is 8.86. The van der Waals surface area contributed by atoms with Crippen LogP contribution in [0.5, 0.6) is 0 Å². The molecule has 0 radical (unpaired) electrons. The number of hydrogen-bond donors (Lipinski definition) is 2. The molecule has 98 valence electrons. The summed E-state index contributed by atoms with van der Waals surface area (Å²) in [5, 5.41) is 3.25. The van der Waals surface area contributed by atoms with Crippen LogP contribution in [0.25, 0.3) is 0 Å². The first kappa shape index (κ1) is 16.0. The molecular formula is C16H24N2. The summed E-state index contributed by atoms with van der Waals surface area (Å²) >= 11 is 0. The van der Waals surface area contributed by atoms with E-state index in [1.54, 1.807) is 0 Å². The third-order valence-corrected chi connectivity index (χ3v) is 2.01. The fourth-order valence-corrected chi connectivity index (χ4v) is 1.29. The Bertz CT molecular complexity index is 410. The van der Waals surface area contributed by atoms with Crippen molar-refractivity contribution < 1.29 is 0 Å². The van der Waals surface area contributed by atoms with Gasteiger partial charge in [-0.05, 0) is 24.3 Å². The zero-order valence-corrected chi connectivity index (χ0v) is 11.8. The molecule has 0 aliphatic heterocycles. The number of nitrogens with one attached hydrogen (secondary N) is 1. The van der Waals surface area contributed by atoms with Crippen LogP contribution in [0.3, 0.4) is 0 Å². The number of nitrogen functional groups attached to an aromatic ring is 1. The van der Waals surface area contributed by atoms with E-state index in [2.05, 4.69) is 5.32 Å². The van der Waals surface area contributed by atoms with Crippen molar-refractivity contribution in [2.24, 2.45) is 0 Å². The Morgan fingerprint density at radius 3 is 1.78 bits per heavy atom. The Kier molecular flexibility index (Phi) is 9.10. The molecule has 2 aromatic carbocycles. The van der Waals surface area contributed by atoms with Crippen molar-refractivity contribution in [2.75, 3.05) is 11.1 Å². The van der Waals surface area contributed by atoms with Gasteiger partial charge in [0.25, 0.3) is 0 Å². The van der Waals surface area contributed by atoms with E-state index in [4.69, 9.17) is 5.73 Å². The molecule has 0 unspecified atom stereocenters. The average Bonchev–Trinajstić information content (AvgIpc) is 2.47. The van der Waals surface area contributed by atoms with Crippen LogP contribution in [0.2, 0.25) is 0 Å². The van der Waals surface area contributed by atoms with E-state index < -0.39 is 0 Å². The molecule has 3 N–H and O–H groups in total. The number of anilines is 3. The number of hydrogen-bond acceptors (Lipinski definition) is 2. The molecule has 0 fully saturated rings. The highest BCUT2D eigenvalue weighted by atomic mass is 14.9. The highest BCUT2D eigenvalue weighted by Crippen LogP contribution is 2.21. The second-order valence-corrected chi connectivity index (χ2v) is 3.08. The van der Waals surface area contributed by atoms with Gasteiger partial charge in [0.15, 0.2) is 0 Å². The van der Waals surface area contributed by atoms with Crippen LogP contribution in [0.1, 0.15) is 27.7 Å². The lowest BCUT2D eigenvalue weighted by atomic mass is 10.2. The van der Waals surface area contributed by atoms with E-state index >= 15 is 0 Å². The monoisotopic (exact) mass is 244 g/mol. The summed E-state index contributed by atoms with van der Waals surface area (Å²) in [6, 6.07) is 17.7. The predicted octanol–water partition coefficient (Wildman–Crippen LogP) is 5.06. The minimum Gasteiger partial charge on any atom is -0.397 e. The van der Waals surface area contributed by atoms with Crippen molar-refractivity contribution in [3.8, 4) is 0 Å². The quantitative estimate of drug-likeness (QED) is 0.724. The second-order valence-electron chi connectivity index (χ2n) is 3.08. The van der Waals surface area contributed by atoms with Crippen LogP contribution >= 0.6 is 0 Å². The maximum absolute atomic E-state index is 5.81. The standard InChI is InChI=1S/C12H12N2.2C2H6/c13-11-8-4-5-9-12(11)14-10-6-2-1-3-7-10;2*1-2/h1-9,14H,13H2;2*1-2H3. The second kappa shape index (κ2) is 10.2. The molecule has 0 bridgehead atoms. The summed E-state index contributed by atoms with van der Waals surface area (Å²) in [7, 11) is 0. The molecule has 0 aliphatic rings.